The maximum absolute atomic E-state index is 5.71. The van der Waals surface area contributed by atoms with Crippen LogP contribution < -0.4 is 14.8 Å². The van der Waals surface area contributed by atoms with Crippen LogP contribution in [-0.2, 0) is 6.54 Å². The van der Waals surface area contributed by atoms with Crippen molar-refractivity contribution >= 4 is 5.96 Å². The zero-order valence-corrected chi connectivity index (χ0v) is 14.5. The molecule has 0 atom stereocenters. The smallest absolute Gasteiger partial charge is 0.193 e. The second-order valence-electron chi connectivity index (χ2n) is 5.34. The molecule has 1 N–H and O–H groups in total. The molecule has 5 nitrogen and oxygen atoms in total. The molecule has 0 amide bonds. The average Bonchev–Trinajstić information content (AvgIpc) is 2.63. The molecular formula is C19H25N3O2. The first-order valence-corrected chi connectivity index (χ1v) is 7.95. The van der Waals surface area contributed by atoms with Crippen LogP contribution in [0.25, 0.3) is 0 Å². The summed E-state index contributed by atoms with van der Waals surface area (Å²) < 4.78 is 10.8. The Hall–Kier alpha value is -2.69. The highest BCUT2D eigenvalue weighted by atomic mass is 16.5. The van der Waals surface area contributed by atoms with Gasteiger partial charge in [0, 0.05) is 20.6 Å². The van der Waals surface area contributed by atoms with E-state index in [9.17, 15) is 0 Å². The topological polar surface area (TPSA) is 46.1 Å². The van der Waals surface area contributed by atoms with Gasteiger partial charge in [0.25, 0.3) is 0 Å². The van der Waals surface area contributed by atoms with Gasteiger partial charge in [-0.3, -0.25) is 4.99 Å². The van der Waals surface area contributed by atoms with Crippen LogP contribution >= 0.6 is 0 Å². The van der Waals surface area contributed by atoms with Crippen molar-refractivity contribution in [1.29, 1.82) is 0 Å². The molecule has 0 aliphatic carbocycles. The Balaban J connectivity index is 1.74. The highest BCUT2D eigenvalue weighted by molar-refractivity contribution is 5.79. The highest BCUT2D eigenvalue weighted by Crippen LogP contribution is 2.16. The predicted molar refractivity (Wildman–Crippen MR) is 97.8 cm³/mol. The quantitative estimate of drug-likeness (QED) is 0.482. The van der Waals surface area contributed by atoms with Crippen molar-refractivity contribution < 1.29 is 9.47 Å². The van der Waals surface area contributed by atoms with Crippen molar-refractivity contribution in [3.05, 3.63) is 60.2 Å². The summed E-state index contributed by atoms with van der Waals surface area (Å²) >= 11 is 0. The third-order valence-corrected chi connectivity index (χ3v) is 3.55. The molecule has 2 aromatic rings. The van der Waals surface area contributed by atoms with E-state index in [-0.39, 0.29) is 0 Å². The van der Waals surface area contributed by atoms with Gasteiger partial charge in [0.05, 0.1) is 13.7 Å². The number of nitrogens with one attached hydrogen (secondary N) is 1. The molecule has 5 heteroatoms. The minimum absolute atomic E-state index is 0.560. The Morgan fingerprint density at radius 1 is 1.04 bits per heavy atom. The van der Waals surface area contributed by atoms with Crippen molar-refractivity contribution in [2.45, 2.75) is 6.54 Å². The molecule has 0 fully saturated rings. The molecule has 128 valence electrons. The lowest BCUT2D eigenvalue weighted by atomic mass is 10.2. The SMILES string of the molecule is CN=C(NCCOc1ccc(OC)cc1)N(C)Cc1ccccc1. The van der Waals surface area contributed by atoms with Crippen LogP contribution in [0.4, 0.5) is 0 Å². The molecular weight excluding hydrogens is 302 g/mol. The van der Waals surface area contributed by atoms with Crippen LogP contribution in [0.2, 0.25) is 0 Å². The van der Waals surface area contributed by atoms with E-state index in [1.807, 2.05) is 49.5 Å². The molecule has 0 saturated carbocycles. The van der Waals surface area contributed by atoms with Crippen molar-refractivity contribution in [1.82, 2.24) is 10.2 Å². The van der Waals surface area contributed by atoms with Crippen LogP contribution in [0, 0.1) is 0 Å². The summed E-state index contributed by atoms with van der Waals surface area (Å²) in [5.41, 5.74) is 1.25. The fraction of sp³-hybridized carbons (Fsp3) is 0.316. The van der Waals surface area contributed by atoms with E-state index in [1.54, 1.807) is 14.2 Å². The molecule has 0 spiro atoms. The number of benzene rings is 2. The van der Waals surface area contributed by atoms with Crippen molar-refractivity contribution in [2.24, 2.45) is 4.99 Å². The Morgan fingerprint density at radius 2 is 1.71 bits per heavy atom. The van der Waals surface area contributed by atoms with Gasteiger partial charge in [-0.2, -0.15) is 0 Å². The molecule has 0 saturated heterocycles. The zero-order valence-electron chi connectivity index (χ0n) is 14.5. The summed E-state index contributed by atoms with van der Waals surface area (Å²) in [6.07, 6.45) is 0. The highest BCUT2D eigenvalue weighted by Gasteiger charge is 2.06. The Kier molecular flexibility index (Phi) is 6.95. The summed E-state index contributed by atoms with van der Waals surface area (Å²) in [6.45, 7) is 2.04. The van der Waals surface area contributed by atoms with Crippen molar-refractivity contribution in [3.8, 4) is 11.5 Å². The molecule has 0 heterocycles. The first-order valence-electron chi connectivity index (χ1n) is 7.95. The number of hydrogen-bond donors (Lipinski definition) is 1. The van der Waals surface area contributed by atoms with Crippen LogP contribution in [0.1, 0.15) is 5.56 Å². The molecule has 2 aromatic carbocycles. The Labute approximate surface area is 143 Å². The summed E-state index contributed by atoms with van der Waals surface area (Å²) in [4.78, 5) is 6.40. The van der Waals surface area contributed by atoms with Crippen LogP contribution in [0.3, 0.4) is 0 Å². The van der Waals surface area contributed by atoms with Crippen LogP contribution in [0.5, 0.6) is 11.5 Å². The lowest BCUT2D eigenvalue weighted by Gasteiger charge is -2.22. The van der Waals surface area contributed by atoms with E-state index in [2.05, 4.69) is 27.3 Å². The van der Waals surface area contributed by atoms with Gasteiger partial charge >= 0.3 is 0 Å². The average molecular weight is 327 g/mol. The monoisotopic (exact) mass is 327 g/mol. The van der Waals surface area contributed by atoms with Crippen molar-refractivity contribution in [3.63, 3.8) is 0 Å². The fourth-order valence-corrected chi connectivity index (χ4v) is 2.32. The molecule has 0 bridgehead atoms. The number of hydrogen-bond acceptors (Lipinski definition) is 3. The standard InChI is InChI=1S/C19H25N3O2/c1-20-19(22(2)15-16-7-5-4-6-8-16)21-13-14-24-18-11-9-17(23-3)10-12-18/h4-12H,13-15H2,1-3H3,(H,20,21). The van der Waals surface area contributed by atoms with Crippen LogP contribution in [0.15, 0.2) is 59.6 Å². The lowest BCUT2D eigenvalue weighted by Crippen LogP contribution is -2.40. The Bertz CT molecular complexity index is 627. The first kappa shape index (κ1) is 17.7. The number of aliphatic imine (C=N–C) groups is 1. The molecule has 0 aromatic heterocycles. The van der Waals surface area contributed by atoms with E-state index in [0.29, 0.717) is 13.2 Å². The fourth-order valence-electron chi connectivity index (χ4n) is 2.32. The molecule has 0 aliphatic heterocycles. The third-order valence-electron chi connectivity index (χ3n) is 3.55. The van der Waals surface area contributed by atoms with Gasteiger partial charge in [0.2, 0.25) is 0 Å². The molecule has 24 heavy (non-hydrogen) atoms. The number of nitrogens with zero attached hydrogens (tertiary/aromatic N) is 2. The van der Waals surface area contributed by atoms with E-state index in [0.717, 1.165) is 24.0 Å². The van der Waals surface area contributed by atoms with Gasteiger partial charge in [-0.05, 0) is 29.8 Å². The number of guanidine groups is 1. The molecule has 0 unspecified atom stereocenters. The van der Waals surface area contributed by atoms with Gasteiger partial charge in [0.1, 0.15) is 18.1 Å². The van der Waals surface area contributed by atoms with Crippen molar-refractivity contribution in [2.75, 3.05) is 34.4 Å². The number of rotatable bonds is 7. The summed E-state index contributed by atoms with van der Waals surface area (Å²) in [6, 6.07) is 17.9. The van der Waals surface area contributed by atoms with E-state index in [4.69, 9.17) is 9.47 Å². The summed E-state index contributed by atoms with van der Waals surface area (Å²) in [5, 5.41) is 3.31. The minimum Gasteiger partial charge on any atom is -0.497 e. The zero-order chi connectivity index (χ0) is 17.2. The normalized spacial score (nSPS) is 11.0. The maximum Gasteiger partial charge on any atom is 0.193 e. The van der Waals surface area contributed by atoms with E-state index in [1.165, 1.54) is 5.56 Å². The molecule has 0 radical (unpaired) electrons. The van der Waals surface area contributed by atoms with Gasteiger partial charge < -0.3 is 19.7 Å². The maximum atomic E-state index is 5.71. The van der Waals surface area contributed by atoms with E-state index < -0.39 is 0 Å². The summed E-state index contributed by atoms with van der Waals surface area (Å²) in [7, 11) is 5.46. The lowest BCUT2D eigenvalue weighted by molar-refractivity contribution is 0.318. The summed E-state index contributed by atoms with van der Waals surface area (Å²) in [5.74, 6) is 2.49. The van der Waals surface area contributed by atoms with Gasteiger partial charge in [-0.15, -0.1) is 0 Å². The number of ether oxygens (including phenoxy) is 2. The Morgan fingerprint density at radius 3 is 2.33 bits per heavy atom. The largest absolute Gasteiger partial charge is 0.497 e. The van der Waals surface area contributed by atoms with Gasteiger partial charge in [-0.1, -0.05) is 30.3 Å². The number of methoxy groups -OCH3 is 1. The second kappa shape index (κ2) is 9.45. The third kappa shape index (κ3) is 5.50. The first-order chi connectivity index (χ1) is 11.7. The minimum atomic E-state index is 0.560. The second-order valence-corrected chi connectivity index (χ2v) is 5.34. The van der Waals surface area contributed by atoms with Gasteiger partial charge in [0.15, 0.2) is 5.96 Å². The predicted octanol–water partition coefficient (Wildman–Crippen LogP) is 2.78. The van der Waals surface area contributed by atoms with Crippen LogP contribution in [-0.4, -0.2) is 45.2 Å². The molecule has 0 aliphatic rings. The van der Waals surface area contributed by atoms with Gasteiger partial charge in [-0.25, -0.2) is 0 Å². The molecule has 2 rings (SSSR count). The van der Waals surface area contributed by atoms with E-state index >= 15 is 0 Å².